The Morgan fingerprint density at radius 2 is 2.22 bits per heavy atom. The predicted molar refractivity (Wildman–Crippen MR) is 84.3 cm³/mol. The second-order valence-corrected chi connectivity index (χ2v) is 5.87. The monoisotopic (exact) mass is 285 g/mol. The first-order valence-electron chi connectivity index (χ1n) is 6.36. The topological polar surface area (TPSA) is 27.3 Å². The van der Waals surface area contributed by atoms with Crippen molar-refractivity contribution in [3.05, 3.63) is 22.4 Å². The smallest absolute Gasteiger partial charge is 0.166 e. The molecule has 0 aliphatic heterocycles. The Kier molecular flexibility index (Phi) is 7.23. The Balaban J connectivity index is 2.37. The van der Waals surface area contributed by atoms with Gasteiger partial charge >= 0.3 is 0 Å². The van der Waals surface area contributed by atoms with E-state index in [1.165, 1.54) is 11.3 Å². The lowest BCUT2D eigenvalue weighted by Gasteiger charge is -2.24. The maximum Gasteiger partial charge on any atom is 0.166 e. The lowest BCUT2D eigenvalue weighted by molar-refractivity contribution is 0.303. The van der Waals surface area contributed by atoms with Crippen LogP contribution in [-0.4, -0.2) is 37.2 Å². The van der Waals surface area contributed by atoms with Gasteiger partial charge in [0.2, 0.25) is 0 Å². The molecule has 0 saturated heterocycles. The molecule has 0 aliphatic rings. The first-order chi connectivity index (χ1) is 8.65. The van der Waals surface area contributed by atoms with E-state index in [1.54, 1.807) is 11.3 Å². The van der Waals surface area contributed by atoms with Crippen molar-refractivity contribution in [3.8, 4) is 0 Å². The standard InChI is InChI=1S/C13H23N3S2/c1-4-5-8-14-13(17)15-10-11(16(2)3)12-7-6-9-18-12/h6-7,9,11H,4-5,8,10H2,1-3H3,(H2,14,15,17). The van der Waals surface area contributed by atoms with E-state index < -0.39 is 0 Å². The Bertz CT molecular complexity index is 336. The zero-order chi connectivity index (χ0) is 13.4. The van der Waals surface area contributed by atoms with Crippen LogP contribution in [0, 0.1) is 0 Å². The van der Waals surface area contributed by atoms with E-state index in [4.69, 9.17) is 12.2 Å². The Morgan fingerprint density at radius 1 is 1.44 bits per heavy atom. The number of rotatable bonds is 7. The largest absolute Gasteiger partial charge is 0.363 e. The molecule has 0 radical (unpaired) electrons. The molecule has 0 bridgehead atoms. The summed E-state index contributed by atoms with van der Waals surface area (Å²) in [6.07, 6.45) is 2.34. The van der Waals surface area contributed by atoms with Gasteiger partial charge in [-0.25, -0.2) is 0 Å². The fourth-order valence-electron chi connectivity index (χ4n) is 1.65. The van der Waals surface area contributed by atoms with Crippen molar-refractivity contribution in [1.82, 2.24) is 15.5 Å². The molecule has 1 atom stereocenters. The van der Waals surface area contributed by atoms with E-state index in [-0.39, 0.29) is 0 Å². The third-order valence-corrected chi connectivity index (χ3v) is 4.03. The van der Waals surface area contributed by atoms with E-state index in [0.717, 1.165) is 24.6 Å². The summed E-state index contributed by atoms with van der Waals surface area (Å²) in [6.45, 7) is 3.97. The fraction of sp³-hybridized carbons (Fsp3) is 0.615. The molecule has 1 rings (SSSR count). The molecule has 102 valence electrons. The SMILES string of the molecule is CCCCNC(=S)NCC(c1cccs1)N(C)C. The van der Waals surface area contributed by atoms with Crippen molar-refractivity contribution in [2.45, 2.75) is 25.8 Å². The lowest BCUT2D eigenvalue weighted by atomic mass is 10.2. The predicted octanol–water partition coefficient (Wildman–Crippen LogP) is 2.62. The summed E-state index contributed by atoms with van der Waals surface area (Å²) in [7, 11) is 4.19. The van der Waals surface area contributed by atoms with Crippen LogP contribution in [0.3, 0.4) is 0 Å². The van der Waals surface area contributed by atoms with Gasteiger partial charge in [-0.15, -0.1) is 11.3 Å². The van der Waals surface area contributed by atoms with Crippen LogP contribution in [0.15, 0.2) is 17.5 Å². The maximum atomic E-state index is 5.26. The highest BCUT2D eigenvalue weighted by Crippen LogP contribution is 2.22. The van der Waals surface area contributed by atoms with Gasteiger partial charge in [-0.1, -0.05) is 19.4 Å². The van der Waals surface area contributed by atoms with Gasteiger partial charge in [-0.2, -0.15) is 0 Å². The quantitative estimate of drug-likeness (QED) is 0.595. The van der Waals surface area contributed by atoms with Gasteiger partial charge in [0.1, 0.15) is 0 Å². The number of hydrogen-bond donors (Lipinski definition) is 2. The lowest BCUT2D eigenvalue weighted by Crippen LogP contribution is -2.40. The number of hydrogen-bond acceptors (Lipinski definition) is 3. The number of unbranched alkanes of at least 4 members (excludes halogenated alkanes) is 1. The molecule has 0 spiro atoms. The Morgan fingerprint density at radius 3 is 2.78 bits per heavy atom. The molecule has 1 heterocycles. The number of thiocarbonyl (C=S) groups is 1. The van der Waals surface area contributed by atoms with Crippen LogP contribution < -0.4 is 10.6 Å². The summed E-state index contributed by atoms with van der Waals surface area (Å²) >= 11 is 7.05. The summed E-state index contributed by atoms with van der Waals surface area (Å²) in [5.74, 6) is 0. The summed E-state index contributed by atoms with van der Waals surface area (Å²) in [4.78, 5) is 3.58. The first kappa shape index (κ1) is 15.4. The average molecular weight is 285 g/mol. The van der Waals surface area contributed by atoms with Crippen molar-refractivity contribution < 1.29 is 0 Å². The highest BCUT2D eigenvalue weighted by Gasteiger charge is 2.14. The molecular weight excluding hydrogens is 262 g/mol. The minimum atomic E-state index is 0.371. The van der Waals surface area contributed by atoms with E-state index in [9.17, 15) is 0 Å². The minimum absolute atomic E-state index is 0.371. The highest BCUT2D eigenvalue weighted by molar-refractivity contribution is 7.80. The highest BCUT2D eigenvalue weighted by atomic mass is 32.1. The van der Waals surface area contributed by atoms with Crippen LogP contribution in [0.5, 0.6) is 0 Å². The summed E-state index contributed by atoms with van der Waals surface area (Å²) in [6, 6.07) is 4.63. The Labute approximate surface area is 120 Å². The third-order valence-electron chi connectivity index (χ3n) is 2.77. The average Bonchev–Trinajstić information content (AvgIpc) is 2.83. The number of likely N-dealkylation sites (N-methyl/N-ethyl adjacent to an activating group) is 1. The normalized spacial score (nSPS) is 12.4. The zero-order valence-corrected chi connectivity index (χ0v) is 13.0. The van der Waals surface area contributed by atoms with Gasteiger partial charge < -0.3 is 15.5 Å². The summed E-state index contributed by atoms with van der Waals surface area (Å²) < 4.78 is 0. The van der Waals surface area contributed by atoms with Crippen LogP contribution in [0.4, 0.5) is 0 Å². The van der Waals surface area contributed by atoms with Crippen molar-refractivity contribution in [1.29, 1.82) is 0 Å². The van der Waals surface area contributed by atoms with Gasteiger partial charge in [-0.3, -0.25) is 0 Å². The molecule has 0 amide bonds. The van der Waals surface area contributed by atoms with Crippen LogP contribution >= 0.6 is 23.6 Å². The maximum absolute atomic E-state index is 5.26. The van der Waals surface area contributed by atoms with Crippen molar-refractivity contribution in [2.75, 3.05) is 27.2 Å². The van der Waals surface area contributed by atoms with Crippen molar-refractivity contribution >= 4 is 28.7 Å². The molecule has 5 heteroatoms. The number of nitrogens with one attached hydrogen (secondary N) is 2. The molecule has 18 heavy (non-hydrogen) atoms. The van der Waals surface area contributed by atoms with Crippen molar-refractivity contribution in [2.24, 2.45) is 0 Å². The molecule has 0 aromatic carbocycles. The van der Waals surface area contributed by atoms with Crippen LogP contribution in [0.2, 0.25) is 0 Å². The van der Waals surface area contributed by atoms with Crippen molar-refractivity contribution in [3.63, 3.8) is 0 Å². The second-order valence-electron chi connectivity index (χ2n) is 4.49. The van der Waals surface area contributed by atoms with Gasteiger partial charge in [0.15, 0.2) is 5.11 Å². The van der Waals surface area contributed by atoms with E-state index >= 15 is 0 Å². The number of thiophene rings is 1. The Hall–Kier alpha value is -0.650. The van der Waals surface area contributed by atoms with Gasteiger partial charge in [0.25, 0.3) is 0 Å². The molecule has 3 nitrogen and oxygen atoms in total. The van der Waals surface area contributed by atoms with Crippen LogP contribution in [0.1, 0.15) is 30.7 Å². The van der Waals surface area contributed by atoms with Crippen LogP contribution in [0.25, 0.3) is 0 Å². The molecule has 1 aromatic heterocycles. The number of nitrogens with zero attached hydrogens (tertiary/aromatic N) is 1. The summed E-state index contributed by atoms with van der Waals surface area (Å²) in [5, 5.41) is 9.40. The molecule has 1 unspecified atom stereocenters. The van der Waals surface area contributed by atoms with Gasteiger partial charge in [0, 0.05) is 18.0 Å². The van der Waals surface area contributed by atoms with Gasteiger partial charge in [-0.05, 0) is 44.2 Å². The minimum Gasteiger partial charge on any atom is -0.363 e. The molecular formula is C13H23N3S2. The fourth-order valence-corrected chi connectivity index (χ4v) is 2.76. The molecule has 2 N–H and O–H groups in total. The third kappa shape index (κ3) is 5.33. The molecule has 0 aliphatic carbocycles. The zero-order valence-electron chi connectivity index (χ0n) is 11.4. The molecule has 1 aromatic rings. The van der Waals surface area contributed by atoms with Crippen LogP contribution in [-0.2, 0) is 0 Å². The summed E-state index contributed by atoms with van der Waals surface area (Å²) in [5.41, 5.74) is 0. The van der Waals surface area contributed by atoms with E-state index in [1.807, 2.05) is 0 Å². The van der Waals surface area contributed by atoms with E-state index in [0.29, 0.717) is 6.04 Å². The van der Waals surface area contributed by atoms with Gasteiger partial charge in [0.05, 0.1) is 6.04 Å². The first-order valence-corrected chi connectivity index (χ1v) is 7.65. The van der Waals surface area contributed by atoms with E-state index in [2.05, 4.69) is 54.1 Å². The molecule has 0 saturated carbocycles. The molecule has 0 fully saturated rings. The second kappa shape index (κ2) is 8.45.